The number of nitrogens with one attached hydrogen (secondary N) is 1. The first kappa shape index (κ1) is 14.1. The highest BCUT2D eigenvalue weighted by molar-refractivity contribution is 5.80. The SMILES string of the molecule is CCCC1(CCC)CC(=O)NC1Cc1ccccc1. The van der Waals surface area contributed by atoms with Crippen LogP contribution in [0, 0.1) is 5.41 Å². The summed E-state index contributed by atoms with van der Waals surface area (Å²) in [5, 5.41) is 3.22. The molecule has 1 fully saturated rings. The van der Waals surface area contributed by atoms with Crippen molar-refractivity contribution < 1.29 is 4.79 Å². The summed E-state index contributed by atoms with van der Waals surface area (Å²) >= 11 is 0. The Bertz CT molecular complexity index is 407. The fraction of sp³-hybridized carbons (Fsp3) is 0.588. The molecule has 1 amide bonds. The number of amides is 1. The van der Waals surface area contributed by atoms with Crippen molar-refractivity contribution in [3.63, 3.8) is 0 Å². The smallest absolute Gasteiger partial charge is 0.220 e. The first-order valence-electron chi connectivity index (χ1n) is 7.53. The second-order valence-electron chi connectivity index (χ2n) is 5.85. The summed E-state index contributed by atoms with van der Waals surface area (Å²) in [4.78, 5) is 11.9. The number of rotatable bonds is 6. The number of carbonyl (C=O) groups excluding carboxylic acids is 1. The monoisotopic (exact) mass is 259 g/mol. The molecule has 0 aromatic heterocycles. The number of hydrogen-bond acceptors (Lipinski definition) is 1. The van der Waals surface area contributed by atoms with Gasteiger partial charge in [-0.15, -0.1) is 0 Å². The van der Waals surface area contributed by atoms with Gasteiger partial charge in [-0.1, -0.05) is 57.0 Å². The summed E-state index contributed by atoms with van der Waals surface area (Å²) in [7, 11) is 0. The summed E-state index contributed by atoms with van der Waals surface area (Å²) in [6.45, 7) is 4.44. The Morgan fingerprint density at radius 2 is 1.79 bits per heavy atom. The molecule has 2 rings (SSSR count). The Hall–Kier alpha value is -1.31. The van der Waals surface area contributed by atoms with E-state index in [1.54, 1.807) is 0 Å². The van der Waals surface area contributed by atoms with Gasteiger partial charge in [0.05, 0.1) is 0 Å². The molecule has 0 bridgehead atoms. The summed E-state index contributed by atoms with van der Waals surface area (Å²) in [5.74, 6) is 0.239. The normalized spacial score (nSPS) is 21.4. The Morgan fingerprint density at radius 1 is 1.16 bits per heavy atom. The van der Waals surface area contributed by atoms with E-state index in [0.717, 1.165) is 32.1 Å². The molecule has 1 aliphatic rings. The Morgan fingerprint density at radius 3 is 2.37 bits per heavy atom. The maximum atomic E-state index is 11.9. The highest BCUT2D eigenvalue weighted by Gasteiger charge is 2.44. The minimum absolute atomic E-state index is 0.177. The lowest BCUT2D eigenvalue weighted by atomic mass is 9.71. The molecule has 1 saturated heterocycles. The fourth-order valence-corrected chi connectivity index (χ4v) is 3.60. The predicted molar refractivity (Wildman–Crippen MR) is 78.9 cm³/mol. The van der Waals surface area contributed by atoms with Gasteiger partial charge in [0.2, 0.25) is 5.91 Å². The molecule has 1 heterocycles. The minimum Gasteiger partial charge on any atom is -0.352 e. The van der Waals surface area contributed by atoms with Crippen molar-refractivity contribution in [2.24, 2.45) is 5.41 Å². The van der Waals surface area contributed by atoms with E-state index in [-0.39, 0.29) is 11.3 Å². The van der Waals surface area contributed by atoms with Crippen molar-refractivity contribution >= 4 is 5.91 Å². The standard InChI is InChI=1S/C17H25NO/c1-3-10-17(11-4-2)13-16(19)18-15(17)12-14-8-6-5-7-9-14/h5-9,15H,3-4,10-13H2,1-2H3,(H,18,19). The van der Waals surface area contributed by atoms with Crippen LogP contribution in [-0.4, -0.2) is 11.9 Å². The van der Waals surface area contributed by atoms with Gasteiger partial charge >= 0.3 is 0 Å². The molecule has 0 spiro atoms. The number of hydrogen-bond donors (Lipinski definition) is 1. The zero-order valence-corrected chi connectivity index (χ0v) is 12.1. The van der Waals surface area contributed by atoms with Crippen LogP contribution in [0.4, 0.5) is 0 Å². The summed E-state index contributed by atoms with van der Waals surface area (Å²) < 4.78 is 0. The molecule has 1 aliphatic heterocycles. The second-order valence-corrected chi connectivity index (χ2v) is 5.85. The van der Waals surface area contributed by atoms with E-state index >= 15 is 0 Å². The molecule has 2 nitrogen and oxygen atoms in total. The van der Waals surface area contributed by atoms with E-state index in [4.69, 9.17) is 0 Å². The summed E-state index contributed by atoms with van der Waals surface area (Å²) in [6.07, 6.45) is 6.29. The van der Waals surface area contributed by atoms with Crippen LogP contribution in [0.2, 0.25) is 0 Å². The Kier molecular flexibility index (Phi) is 4.62. The van der Waals surface area contributed by atoms with Gasteiger partial charge < -0.3 is 5.32 Å². The zero-order valence-electron chi connectivity index (χ0n) is 12.1. The van der Waals surface area contributed by atoms with E-state index in [1.165, 1.54) is 5.56 Å². The van der Waals surface area contributed by atoms with Gasteiger partial charge in [0.15, 0.2) is 0 Å². The van der Waals surface area contributed by atoms with Gasteiger partial charge in [-0.3, -0.25) is 4.79 Å². The fourth-order valence-electron chi connectivity index (χ4n) is 3.60. The van der Waals surface area contributed by atoms with Crippen molar-refractivity contribution in [3.05, 3.63) is 35.9 Å². The van der Waals surface area contributed by atoms with Gasteiger partial charge in [0, 0.05) is 12.5 Å². The van der Waals surface area contributed by atoms with Crippen LogP contribution in [0.3, 0.4) is 0 Å². The predicted octanol–water partition coefficient (Wildman–Crippen LogP) is 3.70. The molecule has 19 heavy (non-hydrogen) atoms. The first-order chi connectivity index (χ1) is 9.20. The molecule has 2 heteroatoms. The molecule has 0 saturated carbocycles. The topological polar surface area (TPSA) is 29.1 Å². The maximum Gasteiger partial charge on any atom is 0.220 e. The van der Waals surface area contributed by atoms with Gasteiger partial charge in [-0.05, 0) is 30.2 Å². The largest absolute Gasteiger partial charge is 0.352 e. The van der Waals surface area contributed by atoms with Crippen LogP contribution in [0.15, 0.2) is 30.3 Å². The van der Waals surface area contributed by atoms with Crippen LogP contribution in [0.5, 0.6) is 0 Å². The van der Waals surface area contributed by atoms with E-state index in [2.05, 4.69) is 43.4 Å². The molecule has 1 unspecified atom stereocenters. The third-order valence-electron chi connectivity index (χ3n) is 4.37. The zero-order chi connectivity index (χ0) is 13.7. The van der Waals surface area contributed by atoms with E-state index in [9.17, 15) is 4.79 Å². The van der Waals surface area contributed by atoms with Crippen LogP contribution < -0.4 is 5.32 Å². The van der Waals surface area contributed by atoms with E-state index in [0.29, 0.717) is 12.5 Å². The molecule has 0 aliphatic carbocycles. The second kappa shape index (κ2) is 6.23. The van der Waals surface area contributed by atoms with Crippen molar-refractivity contribution in [1.82, 2.24) is 5.32 Å². The highest BCUT2D eigenvalue weighted by Crippen LogP contribution is 2.42. The van der Waals surface area contributed by atoms with Crippen molar-refractivity contribution in [1.29, 1.82) is 0 Å². The van der Waals surface area contributed by atoms with Gasteiger partial charge in [0.1, 0.15) is 0 Å². The average Bonchev–Trinajstić information content (AvgIpc) is 2.68. The molecule has 1 atom stereocenters. The van der Waals surface area contributed by atoms with Crippen LogP contribution in [-0.2, 0) is 11.2 Å². The van der Waals surface area contributed by atoms with Gasteiger partial charge in [-0.2, -0.15) is 0 Å². The molecular formula is C17H25NO. The number of benzene rings is 1. The molecule has 1 aromatic carbocycles. The van der Waals surface area contributed by atoms with Crippen molar-refractivity contribution in [3.8, 4) is 0 Å². The van der Waals surface area contributed by atoms with Crippen LogP contribution in [0.1, 0.15) is 51.5 Å². The molecule has 1 aromatic rings. The molecule has 1 N–H and O–H groups in total. The first-order valence-corrected chi connectivity index (χ1v) is 7.53. The summed E-state index contributed by atoms with van der Waals surface area (Å²) in [6, 6.07) is 10.8. The number of carbonyl (C=O) groups is 1. The lowest BCUT2D eigenvalue weighted by Gasteiger charge is -2.34. The van der Waals surface area contributed by atoms with E-state index in [1.807, 2.05) is 6.07 Å². The van der Waals surface area contributed by atoms with Crippen molar-refractivity contribution in [2.75, 3.05) is 0 Å². The minimum atomic E-state index is 0.177. The van der Waals surface area contributed by atoms with Crippen molar-refractivity contribution in [2.45, 2.75) is 58.4 Å². The maximum absolute atomic E-state index is 11.9. The van der Waals surface area contributed by atoms with Crippen LogP contribution in [0.25, 0.3) is 0 Å². The average molecular weight is 259 g/mol. The van der Waals surface area contributed by atoms with Crippen LogP contribution >= 0.6 is 0 Å². The van der Waals surface area contributed by atoms with Gasteiger partial charge in [-0.25, -0.2) is 0 Å². The third kappa shape index (κ3) is 3.17. The summed E-state index contributed by atoms with van der Waals surface area (Å²) in [5.41, 5.74) is 1.50. The molecule has 104 valence electrons. The highest BCUT2D eigenvalue weighted by atomic mass is 16.2. The lowest BCUT2D eigenvalue weighted by Crippen LogP contribution is -2.39. The lowest BCUT2D eigenvalue weighted by molar-refractivity contribution is -0.119. The van der Waals surface area contributed by atoms with E-state index < -0.39 is 0 Å². The molecule has 0 radical (unpaired) electrons. The Labute approximate surface area is 116 Å². The quantitative estimate of drug-likeness (QED) is 0.829. The van der Waals surface area contributed by atoms with Gasteiger partial charge in [0.25, 0.3) is 0 Å². The molecular weight excluding hydrogens is 234 g/mol. The third-order valence-corrected chi connectivity index (χ3v) is 4.37. The Balaban J connectivity index is 2.17.